The first-order valence-electron chi connectivity index (χ1n) is 6.78. The van der Waals surface area contributed by atoms with Crippen LogP contribution in [0.4, 0.5) is 0 Å². The summed E-state index contributed by atoms with van der Waals surface area (Å²) in [5.41, 5.74) is 2.11. The molecule has 1 aromatic heterocycles. The van der Waals surface area contributed by atoms with E-state index in [1.54, 1.807) is 0 Å². The molecule has 5 nitrogen and oxygen atoms in total. The Morgan fingerprint density at radius 2 is 2.35 bits per heavy atom. The van der Waals surface area contributed by atoms with Crippen LogP contribution in [0.1, 0.15) is 30.7 Å². The third-order valence-corrected chi connectivity index (χ3v) is 3.97. The molecule has 2 aromatic rings. The van der Waals surface area contributed by atoms with Gasteiger partial charge in [0.2, 0.25) is 5.91 Å². The Morgan fingerprint density at radius 1 is 1.55 bits per heavy atom. The average Bonchev–Trinajstić information content (AvgIpc) is 2.75. The van der Waals surface area contributed by atoms with Crippen molar-refractivity contribution in [3.63, 3.8) is 0 Å². The van der Waals surface area contributed by atoms with Crippen LogP contribution < -0.4 is 5.32 Å². The number of nitrogens with zero attached hydrogens (tertiary/aromatic N) is 2. The highest BCUT2D eigenvalue weighted by atomic mass is 16.2. The van der Waals surface area contributed by atoms with Crippen LogP contribution in [0.15, 0.2) is 18.2 Å². The summed E-state index contributed by atoms with van der Waals surface area (Å²) in [5.74, 6) is 0.728. The maximum atomic E-state index is 12.1. The molecule has 0 saturated heterocycles. The molecule has 102 valence electrons. The summed E-state index contributed by atoms with van der Waals surface area (Å²) >= 11 is 0. The predicted octanol–water partition coefficient (Wildman–Crippen LogP) is 2.18. The lowest BCUT2D eigenvalue weighted by molar-refractivity contribution is -0.131. The molecule has 1 aliphatic rings. The maximum Gasteiger partial charge on any atom is 0.240 e. The first kappa shape index (κ1) is 12.7. The zero-order valence-corrected chi connectivity index (χ0v) is 11.4. The summed E-state index contributed by atoms with van der Waals surface area (Å²) in [6.07, 6.45) is 2.31. The summed E-state index contributed by atoms with van der Waals surface area (Å²) in [6.45, 7) is 2.35. The van der Waals surface area contributed by atoms with E-state index >= 15 is 0 Å². The molecule has 0 aliphatic heterocycles. The van der Waals surface area contributed by atoms with Gasteiger partial charge in [0, 0.05) is 6.54 Å². The number of H-pyrrole nitrogens is 1. The molecule has 3 rings (SSSR count). The van der Waals surface area contributed by atoms with E-state index in [-0.39, 0.29) is 5.91 Å². The maximum absolute atomic E-state index is 12.1. The zero-order chi connectivity index (χ0) is 14.2. The molecular weight excluding hydrogens is 252 g/mol. The molecule has 0 atom stereocenters. The molecule has 5 heteroatoms. The van der Waals surface area contributed by atoms with E-state index in [1.165, 1.54) is 0 Å². The van der Waals surface area contributed by atoms with Crippen molar-refractivity contribution >= 4 is 16.9 Å². The van der Waals surface area contributed by atoms with Crippen molar-refractivity contribution in [2.45, 2.75) is 32.7 Å². The molecule has 2 N–H and O–H groups in total. The highest BCUT2D eigenvalue weighted by Crippen LogP contribution is 2.40. The van der Waals surface area contributed by atoms with Gasteiger partial charge in [-0.1, -0.05) is 6.07 Å². The van der Waals surface area contributed by atoms with Crippen molar-refractivity contribution in [3.8, 4) is 6.07 Å². The minimum absolute atomic E-state index is 0.146. The number of carbonyl (C=O) groups excluding carboxylic acids is 1. The fraction of sp³-hybridized carbons (Fsp3) is 0.400. The summed E-state index contributed by atoms with van der Waals surface area (Å²) in [4.78, 5) is 19.6. The second-order valence-electron chi connectivity index (χ2n) is 5.40. The molecule has 1 saturated carbocycles. The Bertz CT molecular complexity index is 706. The number of rotatable bonds is 3. The molecule has 1 aliphatic carbocycles. The van der Waals surface area contributed by atoms with Crippen molar-refractivity contribution in [1.82, 2.24) is 15.3 Å². The van der Waals surface area contributed by atoms with Crippen LogP contribution >= 0.6 is 0 Å². The number of hydrogen-bond donors (Lipinski definition) is 2. The first-order chi connectivity index (χ1) is 9.63. The number of aromatic amines is 1. The predicted molar refractivity (Wildman–Crippen MR) is 74.6 cm³/mol. The van der Waals surface area contributed by atoms with Crippen molar-refractivity contribution < 1.29 is 4.79 Å². The van der Waals surface area contributed by atoms with Crippen LogP contribution in [0.5, 0.6) is 0 Å². The normalized spacial score (nSPS) is 16.4. The molecule has 0 spiro atoms. The van der Waals surface area contributed by atoms with Crippen molar-refractivity contribution in [3.05, 3.63) is 29.6 Å². The van der Waals surface area contributed by atoms with Gasteiger partial charge in [0.1, 0.15) is 11.2 Å². The van der Waals surface area contributed by atoms with Crippen LogP contribution in [-0.2, 0) is 11.3 Å². The van der Waals surface area contributed by atoms with Crippen molar-refractivity contribution in [2.75, 3.05) is 0 Å². The van der Waals surface area contributed by atoms with Gasteiger partial charge in [-0.05, 0) is 43.9 Å². The number of carbonyl (C=O) groups is 1. The number of aromatic nitrogens is 2. The third-order valence-electron chi connectivity index (χ3n) is 3.97. The van der Waals surface area contributed by atoms with Crippen LogP contribution in [0, 0.1) is 23.7 Å². The molecular formula is C15H16N4O. The average molecular weight is 268 g/mol. The largest absolute Gasteiger partial charge is 0.351 e. The Kier molecular flexibility index (Phi) is 2.94. The Balaban J connectivity index is 1.70. The van der Waals surface area contributed by atoms with Crippen molar-refractivity contribution in [1.29, 1.82) is 5.26 Å². The SMILES string of the molecule is Cc1nc2ccc(CNC(=O)C3(C#N)CCC3)cc2[nH]1. The van der Waals surface area contributed by atoms with E-state index in [0.29, 0.717) is 19.4 Å². The van der Waals surface area contributed by atoms with Gasteiger partial charge in [-0.25, -0.2) is 4.98 Å². The summed E-state index contributed by atoms with van der Waals surface area (Å²) < 4.78 is 0. The summed E-state index contributed by atoms with van der Waals surface area (Å²) in [7, 11) is 0. The highest BCUT2D eigenvalue weighted by molar-refractivity contribution is 5.86. The van der Waals surface area contributed by atoms with Crippen LogP contribution in [0.3, 0.4) is 0 Å². The topological polar surface area (TPSA) is 81.6 Å². The van der Waals surface area contributed by atoms with Crippen LogP contribution in [0.25, 0.3) is 11.0 Å². The Labute approximate surface area is 117 Å². The number of imidazole rings is 1. The van der Waals surface area contributed by atoms with E-state index < -0.39 is 5.41 Å². The molecule has 1 heterocycles. The molecule has 1 amide bonds. The number of nitriles is 1. The molecule has 1 fully saturated rings. The third kappa shape index (κ3) is 2.03. The number of aryl methyl sites for hydroxylation is 1. The lowest BCUT2D eigenvalue weighted by atomic mass is 9.69. The molecule has 0 bridgehead atoms. The van der Waals surface area contributed by atoms with Gasteiger partial charge in [-0.3, -0.25) is 4.79 Å². The van der Waals surface area contributed by atoms with E-state index in [0.717, 1.165) is 28.8 Å². The standard InChI is InChI=1S/C15H16N4O/c1-10-18-12-4-3-11(7-13(12)19-10)8-17-14(20)15(9-16)5-2-6-15/h3-4,7H,2,5-6,8H2,1H3,(H,17,20)(H,18,19). The lowest BCUT2D eigenvalue weighted by Crippen LogP contribution is -2.44. The zero-order valence-electron chi connectivity index (χ0n) is 11.4. The molecule has 1 aromatic carbocycles. The fourth-order valence-electron chi connectivity index (χ4n) is 2.57. The molecule has 20 heavy (non-hydrogen) atoms. The number of benzene rings is 1. The minimum Gasteiger partial charge on any atom is -0.351 e. The second-order valence-corrected chi connectivity index (χ2v) is 5.40. The van der Waals surface area contributed by atoms with Gasteiger partial charge in [-0.2, -0.15) is 5.26 Å². The van der Waals surface area contributed by atoms with Gasteiger partial charge in [0.05, 0.1) is 17.1 Å². The Morgan fingerprint density at radius 3 is 3.00 bits per heavy atom. The number of hydrogen-bond acceptors (Lipinski definition) is 3. The monoisotopic (exact) mass is 268 g/mol. The Hall–Kier alpha value is -2.35. The second kappa shape index (κ2) is 4.64. The molecule has 0 unspecified atom stereocenters. The quantitative estimate of drug-likeness (QED) is 0.895. The van der Waals surface area contributed by atoms with E-state index in [1.807, 2.05) is 25.1 Å². The van der Waals surface area contributed by atoms with Crippen molar-refractivity contribution in [2.24, 2.45) is 5.41 Å². The van der Waals surface area contributed by atoms with Crippen LogP contribution in [-0.4, -0.2) is 15.9 Å². The number of fused-ring (bicyclic) bond motifs is 1. The number of nitrogens with one attached hydrogen (secondary N) is 2. The summed E-state index contributed by atoms with van der Waals surface area (Å²) in [6, 6.07) is 8.02. The first-order valence-corrected chi connectivity index (χ1v) is 6.78. The van der Waals surface area contributed by atoms with Gasteiger partial charge < -0.3 is 10.3 Å². The number of amides is 1. The van der Waals surface area contributed by atoms with E-state index in [2.05, 4.69) is 21.4 Å². The fourth-order valence-corrected chi connectivity index (χ4v) is 2.57. The highest BCUT2D eigenvalue weighted by Gasteiger charge is 2.44. The van der Waals surface area contributed by atoms with Gasteiger partial charge >= 0.3 is 0 Å². The summed E-state index contributed by atoms with van der Waals surface area (Å²) in [5, 5.41) is 12.0. The van der Waals surface area contributed by atoms with Gasteiger partial charge in [-0.15, -0.1) is 0 Å². The molecule has 0 radical (unpaired) electrons. The van der Waals surface area contributed by atoms with Gasteiger partial charge in [0.15, 0.2) is 0 Å². The lowest BCUT2D eigenvalue weighted by Gasteiger charge is -2.33. The minimum atomic E-state index is -0.783. The van der Waals surface area contributed by atoms with E-state index in [9.17, 15) is 4.79 Å². The van der Waals surface area contributed by atoms with Crippen LogP contribution in [0.2, 0.25) is 0 Å². The smallest absolute Gasteiger partial charge is 0.240 e. The van der Waals surface area contributed by atoms with E-state index in [4.69, 9.17) is 5.26 Å². The van der Waals surface area contributed by atoms with Gasteiger partial charge in [0.25, 0.3) is 0 Å².